The van der Waals surface area contributed by atoms with E-state index in [1.807, 2.05) is 12.1 Å². The van der Waals surface area contributed by atoms with Crippen molar-refractivity contribution in [2.24, 2.45) is 0 Å². The molecule has 1 aromatic heterocycles. The molecule has 11 rings (SSSR count). The molecule has 2 aliphatic carbocycles. The van der Waals surface area contributed by atoms with E-state index in [-0.39, 0.29) is 12.1 Å². The fourth-order valence-corrected chi connectivity index (χ4v) is 9.12. The predicted octanol–water partition coefficient (Wildman–Crippen LogP) is 14.1. The second-order valence-corrected chi connectivity index (χ2v) is 15.0. The summed E-state index contributed by atoms with van der Waals surface area (Å²) < 4.78 is 13.2. The van der Waals surface area contributed by atoms with Crippen molar-refractivity contribution < 1.29 is 9.15 Å². The number of ether oxygens (including phenoxy) is 1. The molecule has 2 atom stereocenters. The summed E-state index contributed by atoms with van der Waals surface area (Å²) in [5, 5.41) is 1.10. The van der Waals surface area contributed by atoms with Gasteiger partial charge in [-0.3, -0.25) is 0 Å². The minimum absolute atomic E-state index is 0.0304. The lowest BCUT2D eigenvalue weighted by Crippen LogP contribution is -2.20. The lowest BCUT2D eigenvalue weighted by atomic mass is 9.94. The van der Waals surface area contributed by atoms with Crippen molar-refractivity contribution in [2.45, 2.75) is 37.8 Å². The van der Waals surface area contributed by atoms with Gasteiger partial charge in [0.05, 0.1) is 11.4 Å². The normalized spacial score (nSPS) is 18.1. The summed E-state index contributed by atoms with van der Waals surface area (Å²) in [6, 6.07) is 54.5. The fourth-order valence-electron chi connectivity index (χ4n) is 9.12. The predicted molar refractivity (Wildman–Crippen MR) is 229 cm³/mol. The number of hydrogen-bond acceptors (Lipinski definition) is 4. The second kappa shape index (κ2) is 13.5. The Kier molecular flexibility index (Phi) is 7.87. The summed E-state index contributed by atoms with van der Waals surface area (Å²) in [5.41, 5.74) is 15.4. The van der Waals surface area contributed by atoms with Crippen molar-refractivity contribution >= 4 is 44.9 Å². The van der Waals surface area contributed by atoms with Gasteiger partial charge in [0.15, 0.2) is 11.9 Å². The molecule has 2 aliphatic heterocycles. The third-order valence-electron chi connectivity index (χ3n) is 11.7. The molecule has 0 bridgehead atoms. The van der Waals surface area contributed by atoms with Crippen molar-refractivity contribution in [1.29, 1.82) is 0 Å². The molecule has 4 heteroatoms. The van der Waals surface area contributed by atoms with E-state index in [4.69, 9.17) is 9.15 Å². The molecule has 4 aliphatic rings. The van der Waals surface area contributed by atoms with Crippen LogP contribution >= 0.6 is 0 Å². The summed E-state index contributed by atoms with van der Waals surface area (Å²) in [5.74, 6) is 1.81. The van der Waals surface area contributed by atoms with Gasteiger partial charge in [-0.2, -0.15) is 0 Å². The molecule has 0 spiro atoms. The molecule has 3 heterocycles. The standard InChI is InChI=1S/C52H40N2O2/c1-3-14-35(15-4-1)37-26-30-40(31-27-37)53(41-32-28-38(29-33-41)36-16-5-2-6-17-36)46-23-10-7-20-43(46)39-18-13-19-42(34-39)54-49-44-21-8-11-24-47(44)55-51(49)52-50(54)45-22-9-12-25-48(45)56-52/h1,3-5,7-26,28-30,32-34,49,51H,2,6,27,31H2. The highest BCUT2D eigenvalue weighted by molar-refractivity contribution is 5.98. The maximum Gasteiger partial charge on any atom is 0.183 e. The van der Waals surface area contributed by atoms with Gasteiger partial charge in [0.2, 0.25) is 0 Å². The van der Waals surface area contributed by atoms with E-state index in [9.17, 15) is 0 Å². The minimum Gasteiger partial charge on any atom is -0.479 e. The summed E-state index contributed by atoms with van der Waals surface area (Å²) in [6.07, 6.45) is 15.4. The lowest BCUT2D eigenvalue weighted by molar-refractivity contribution is 0.196. The Hall–Kier alpha value is -6.78. The highest BCUT2D eigenvalue weighted by atomic mass is 16.5. The van der Waals surface area contributed by atoms with Crippen molar-refractivity contribution in [1.82, 2.24) is 0 Å². The van der Waals surface area contributed by atoms with Gasteiger partial charge >= 0.3 is 0 Å². The first-order valence-electron chi connectivity index (χ1n) is 19.8. The van der Waals surface area contributed by atoms with Crippen molar-refractivity contribution in [3.8, 4) is 16.9 Å². The van der Waals surface area contributed by atoms with Crippen LogP contribution in [-0.4, -0.2) is 0 Å². The average molecular weight is 725 g/mol. The molecule has 0 saturated heterocycles. The van der Waals surface area contributed by atoms with Gasteiger partial charge < -0.3 is 19.0 Å². The number of fused-ring (bicyclic) bond motifs is 7. The molecule has 7 aromatic rings. The SMILES string of the molecule is C1=CC(c2ccc(N(C3=CC=C(c4ccccc4)CC3)c3ccccc3-c3cccc(N4c5c(oc6ccccc56)C5Oc6ccccc6C54)c3)cc2)=CCC1. The number of allylic oxidation sites excluding steroid dienone is 8. The van der Waals surface area contributed by atoms with Crippen LogP contribution in [-0.2, 0) is 0 Å². The maximum atomic E-state index is 6.64. The molecule has 0 amide bonds. The number of anilines is 4. The van der Waals surface area contributed by atoms with E-state index >= 15 is 0 Å². The summed E-state index contributed by atoms with van der Waals surface area (Å²) >= 11 is 0. The maximum absolute atomic E-state index is 6.64. The van der Waals surface area contributed by atoms with Gasteiger partial charge in [-0.15, -0.1) is 0 Å². The Bertz CT molecular complexity index is 2750. The van der Waals surface area contributed by atoms with Crippen LogP contribution in [0.4, 0.5) is 22.7 Å². The zero-order chi connectivity index (χ0) is 37.0. The van der Waals surface area contributed by atoms with Gasteiger partial charge in [0, 0.05) is 33.6 Å². The third kappa shape index (κ3) is 5.44. The Morgan fingerprint density at radius 2 is 1.45 bits per heavy atom. The van der Waals surface area contributed by atoms with Crippen LogP contribution in [0.15, 0.2) is 192 Å². The van der Waals surface area contributed by atoms with Crippen molar-refractivity contribution in [3.63, 3.8) is 0 Å². The van der Waals surface area contributed by atoms with Crippen LogP contribution in [0, 0.1) is 0 Å². The Morgan fingerprint density at radius 1 is 0.643 bits per heavy atom. The number of nitrogens with zero attached hydrogens (tertiary/aromatic N) is 2. The largest absolute Gasteiger partial charge is 0.479 e. The van der Waals surface area contributed by atoms with Crippen LogP contribution in [0.1, 0.15) is 60.3 Å². The lowest BCUT2D eigenvalue weighted by Gasteiger charge is -2.32. The number of hydrogen-bond donors (Lipinski definition) is 0. The smallest absolute Gasteiger partial charge is 0.183 e. The number of para-hydroxylation sites is 3. The van der Waals surface area contributed by atoms with Crippen LogP contribution < -0.4 is 14.5 Å². The topological polar surface area (TPSA) is 28.9 Å². The number of rotatable bonds is 7. The first-order chi connectivity index (χ1) is 27.8. The molecule has 6 aromatic carbocycles. The van der Waals surface area contributed by atoms with Crippen molar-refractivity contribution in [2.75, 3.05) is 9.80 Å². The van der Waals surface area contributed by atoms with Crippen LogP contribution in [0.2, 0.25) is 0 Å². The van der Waals surface area contributed by atoms with Crippen LogP contribution in [0.3, 0.4) is 0 Å². The molecule has 0 saturated carbocycles. The molecule has 0 radical (unpaired) electrons. The van der Waals surface area contributed by atoms with E-state index in [0.29, 0.717) is 0 Å². The molecule has 0 fully saturated rings. The van der Waals surface area contributed by atoms with Gasteiger partial charge in [0.1, 0.15) is 17.4 Å². The van der Waals surface area contributed by atoms with Gasteiger partial charge in [-0.05, 0) is 108 Å². The molecule has 56 heavy (non-hydrogen) atoms. The molecule has 0 N–H and O–H groups in total. The molecular weight excluding hydrogens is 685 g/mol. The second-order valence-electron chi connectivity index (χ2n) is 15.0. The van der Waals surface area contributed by atoms with Gasteiger partial charge in [-0.25, -0.2) is 0 Å². The van der Waals surface area contributed by atoms with Gasteiger partial charge in [-0.1, -0.05) is 127 Å². The molecule has 4 nitrogen and oxygen atoms in total. The summed E-state index contributed by atoms with van der Waals surface area (Å²) in [6.45, 7) is 0. The molecule has 270 valence electrons. The first kappa shape index (κ1) is 32.6. The molecular formula is C52H40N2O2. The van der Waals surface area contributed by atoms with Crippen LogP contribution in [0.25, 0.3) is 33.2 Å². The number of furan rings is 1. The minimum atomic E-state index is -0.226. The highest BCUT2D eigenvalue weighted by Gasteiger charge is 2.51. The van der Waals surface area contributed by atoms with Crippen molar-refractivity contribution in [3.05, 3.63) is 210 Å². The molecule has 2 unspecified atom stereocenters. The monoisotopic (exact) mass is 724 g/mol. The van der Waals surface area contributed by atoms with Gasteiger partial charge in [0.25, 0.3) is 0 Å². The summed E-state index contributed by atoms with van der Waals surface area (Å²) in [7, 11) is 0. The zero-order valence-electron chi connectivity index (χ0n) is 31.0. The fraction of sp³-hybridized carbons (Fsp3) is 0.115. The van der Waals surface area contributed by atoms with E-state index in [2.05, 4.69) is 180 Å². The average Bonchev–Trinajstić information content (AvgIpc) is 3.93. The van der Waals surface area contributed by atoms with E-state index in [1.165, 1.54) is 39.1 Å². The first-order valence-corrected chi connectivity index (χ1v) is 19.8. The number of benzene rings is 6. The Labute approximate surface area is 327 Å². The summed E-state index contributed by atoms with van der Waals surface area (Å²) in [4.78, 5) is 4.93. The van der Waals surface area contributed by atoms with E-state index < -0.39 is 0 Å². The van der Waals surface area contributed by atoms with Crippen LogP contribution in [0.5, 0.6) is 5.75 Å². The third-order valence-corrected chi connectivity index (χ3v) is 11.7. The Morgan fingerprint density at radius 3 is 2.30 bits per heavy atom. The van der Waals surface area contributed by atoms with E-state index in [1.54, 1.807) is 0 Å². The Balaban J connectivity index is 1.04. The quantitative estimate of drug-likeness (QED) is 0.164. The van der Waals surface area contributed by atoms with E-state index in [0.717, 1.165) is 76.5 Å². The zero-order valence-corrected chi connectivity index (χ0v) is 31.0. The highest BCUT2D eigenvalue weighted by Crippen LogP contribution is 2.61.